The van der Waals surface area contributed by atoms with Crippen LogP contribution in [0.1, 0.15) is 41.5 Å². The quantitative estimate of drug-likeness (QED) is 0.743. The highest BCUT2D eigenvalue weighted by molar-refractivity contribution is 5.57. The van der Waals surface area contributed by atoms with Gasteiger partial charge in [-0.05, 0) is 31.0 Å². The third-order valence-electron chi connectivity index (χ3n) is 4.92. The largest absolute Gasteiger partial charge is 0.494 e. The van der Waals surface area contributed by atoms with E-state index in [0.717, 1.165) is 28.2 Å². The van der Waals surface area contributed by atoms with Crippen LogP contribution in [0.3, 0.4) is 0 Å². The molecule has 3 N–H and O–H groups in total. The van der Waals surface area contributed by atoms with Gasteiger partial charge in [0.25, 0.3) is 0 Å². The summed E-state index contributed by atoms with van der Waals surface area (Å²) in [6.45, 7) is 0.331. The first-order valence-electron chi connectivity index (χ1n) is 7.58. The van der Waals surface area contributed by atoms with Crippen molar-refractivity contribution in [1.29, 1.82) is 0 Å². The number of benzene rings is 1. The van der Waals surface area contributed by atoms with Crippen molar-refractivity contribution in [3.05, 3.63) is 41.0 Å². The van der Waals surface area contributed by atoms with E-state index in [9.17, 15) is 28.6 Å². The van der Waals surface area contributed by atoms with Gasteiger partial charge in [0.15, 0.2) is 0 Å². The summed E-state index contributed by atoms with van der Waals surface area (Å²) in [5.41, 5.74) is 0.0803. The van der Waals surface area contributed by atoms with Crippen molar-refractivity contribution in [1.82, 2.24) is 9.63 Å². The average Bonchev–Trinajstić information content (AvgIpc) is 2.80. The second kappa shape index (κ2) is 4.90. The maximum atomic E-state index is 12.9. The number of fused-ring (bicyclic) bond motifs is 2. The van der Waals surface area contributed by atoms with Crippen molar-refractivity contribution >= 4 is 0 Å². The van der Waals surface area contributed by atoms with E-state index in [4.69, 9.17) is 0 Å². The molecule has 8 heteroatoms. The first-order chi connectivity index (χ1) is 11.3. The van der Waals surface area contributed by atoms with Gasteiger partial charge in [-0.15, -0.1) is 0 Å². The molecular weight excluding hydrogens is 325 g/mol. The fourth-order valence-electron chi connectivity index (χ4n) is 3.86. The van der Waals surface area contributed by atoms with Crippen LogP contribution >= 0.6 is 0 Å². The fourth-order valence-corrected chi connectivity index (χ4v) is 3.86. The zero-order valence-corrected chi connectivity index (χ0v) is 12.5. The highest BCUT2D eigenvalue weighted by atomic mass is 19.4. The molecule has 1 aromatic carbocycles. The minimum absolute atomic E-state index is 0.0260. The van der Waals surface area contributed by atoms with E-state index >= 15 is 0 Å². The van der Waals surface area contributed by atoms with Gasteiger partial charge in [-0.3, -0.25) is 4.57 Å². The Morgan fingerprint density at radius 3 is 2.42 bits per heavy atom. The van der Waals surface area contributed by atoms with E-state index in [-0.39, 0.29) is 23.4 Å². The van der Waals surface area contributed by atoms with E-state index in [2.05, 4.69) is 0 Å². The number of rotatable bonds is 1. The molecule has 3 aliphatic rings. The summed E-state index contributed by atoms with van der Waals surface area (Å²) < 4.78 is 39.8. The van der Waals surface area contributed by atoms with Crippen LogP contribution in [0.5, 0.6) is 11.8 Å². The van der Waals surface area contributed by atoms with Gasteiger partial charge in [-0.1, -0.05) is 6.07 Å². The number of aromatic hydroxyl groups is 2. The summed E-state index contributed by atoms with van der Waals surface area (Å²) in [6, 6.07) is 3.97. The van der Waals surface area contributed by atoms with E-state index in [1.807, 2.05) is 0 Å². The lowest BCUT2D eigenvalue weighted by Crippen LogP contribution is -2.39. The molecule has 5 nitrogen and oxygen atoms in total. The summed E-state index contributed by atoms with van der Waals surface area (Å²) in [7, 11) is 0. The van der Waals surface area contributed by atoms with Crippen molar-refractivity contribution in [2.45, 2.75) is 31.0 Å². The van der Waals surface area contributed by atoms with Gasteiger partial charge < -0.3 is 15.4 Å². The predicted molar refractivity (Wildman–Crippen MR) is 77.3 cm³/mol. The topological polar surface area (TPSA) is 68.9 Å². The lowest BCUT2D eigenvalue weighted by molar-refractivity contribution is -0.156. The van der Waals surface area contributed by atoms with Gasteiger partial charge in [0.2, 0.25) is 11.8 Å². The second-order valence-electron chi connectivity index (χ2n) is 6.27. The molecule has 0 spiro atoms. The smallest absolute Gasteiger partial charge is 0.416 e. The Morgan fingerprint density at radius 1 is 1.04 bits per heavy atom. The Balaban J connectivity index is 1.90. The molecule has 0 radical (unpaired) electrons. The summed E-state index contributed by atoms with van der Waals surface area (Å²) in [6.07, 6.45) is -3.16. The van der Waals surface area contributed by atoms with Gasteiger partial charge in [0.1, 0.15) is 0 Å². The molecule has 5 rings (SSSR count). The molecule has 2 aromatic rings. The Morgan fingerprint density at radius 2 is 1.75 bits per heavy atom. The number of hydroxylamine groups is 2. The summed E-state index contributed by atoms with van der Waals surface area (Å²) >= 11 is 0. The Bertz CT molecular complexity index is 816. The third kappa shape index (κ3) is 2.03. The molecule has 3 heterocycles. The minimum Gasteiger partial charge on any atom is -0.494 e. The van der Waals surface area contributed by atoms with Crippen LogP contribution in [0.4, 0.5) is 13.2 Å². The number of piperidine rings is 1. The van der Waals surface area contributed by atoms with Crippen molar-refractivity contribution in [2.75, 3.05) is 6.54 Å². The minimum atomic E-state index is -4.52. The highest BCUT2D eigenvalue weighted by Gasteiger charge is 2.44. The standard InChI is InChI=1S/C16H15F3N2O3/c17-16(18,19)9-2-1-3-10(6-9)21-14(22)12-8-4-5-11(20(24)7-8)13(12)15(21)23/h1-3,6,8,11,22-24H,4-5,7H2. The van der Waals surface area contributed by atoms with Crippen LogP contribution in [0, 0.1) is 0 Å². The molecule has 1 aromatic heterocycles. The molecule has 0 saturated carbocycles. The highest BCUT2D eigenvalue weighted by Crippen LogP contribution is 2.54. The lowest BCUT2D eigenvalue weighted by Gasteiger charge is -2.41. The maximum absolute atomic E-state index is 12.9. The molecule has 1 aliphatic carbocycles. The van der Waals surface area contributed by atoms with Crippen molar-refractivity contribution < 1.29 is 28.6 Å². The van der Waals surface area contributed by atoms with Gasteiger partial charge in [-0.2, -0.15) is 18.2 Å². The fraction of sp³-hybridized carbons (Fsp3) is 0.375. The summed E-state index contributed by atoms with van der Waals surface area (Å²) in [4.78, 5) is 0. The van der Waals surface area contributed by atoms with Crippen LogP contribution in [0.15, 0.2) is 24.3 Å². The number of hydrogen-bond acceptors (Lipinski definition) is 4. The molecule has 1 fully saturated rings. The Hall–Kier alpha value is -2.19. The summed E-state index contributed by atoms with van der Waals surface area (Å²) in [5, 5.41) is 32.2. The zero-order chi connectivity index (χ0) is 17.2. The Labute approximate surface area is 135 Å². The van der Waals surface area contributed by atoms with Crippen LogP contribution < -0.4 is 0 Å². The van der Waals surface area contributed by atoms with Gasteiger partial charge in [0.05, 0.1) is 17.3 Å². The number of nitrogens with zero attached hydrogens (tertiary/aromatic N) is 2. The molecule has 1 saturated heterocycles. The van der Waals surface area contributed by atoms with E-state index in [1.54, 1.807) is 0 Å². The van der Waals surface area contributed by atoms with E-state index < -0.39 is 17.8 Å². The maximum Gasteiger partial charge on any atom is 0.416 e. The van der Waals surface area contributed by atoms with Gasteiger partial charge >= 0.3 is 6.18 Å². The molecule has 2 bridgehead atoms. The van der Waals surface area contributed by atoms with Crippen molar-refractivity contribution in [3.63, 3.8) is 0 Å². The number of alkyl halides is 3. The lowest BCUT2D eigenvalue weighted by atomic mass is 9.77. The average molecular weight is 340 g/mol. The number of halogens is 3. The van der Waals surface area contributed by atoms with Crippen LogP contribution in [-0.4, -0.2) is 31.6 Å². The van der Waals surface area contributed by atoms with E-state index in [0.29, 0.717) is 24.1 Å². The Kier molecular flexibility index (Phi) is 3.14. The molecule has 2 unspecified atom stereocenters. The second-order valence-corrected chi connectivity index (χ2v) is 6.27. The van der Waals surface area contributed by atoms with E-state index in [1.165, 1.54) is 12.1 Å². The normalized spacial score (nSPS) is 23.5. The third-order valence-corrected chi connectivity index (χ3v) is 4.92. The summed E-state index contributed by atoms with van der Waals surface area (Å²) in [5.74, 6) is -0.743. The first kappa shape index (κ1) is 15.3. The van der Waals surface area contributed by atoms with Gasteiger partial charge in [-0.25, -0.2) is 0 Å². The molecule has 24 heavy (non-hydrogen) atoms. The predicted octanol–water partition coefficient (Wildman–Crippen LogP) is 3.53. The molecule has 2 atom stereocenters. The SMILES string of the molecule is Oc1c2c(c(O)n1-c1cccc(C(F)(F)F)c1)C1CCC2CN1O. The monoisotopic (exact) mass is 340 g/mol. The molecule has 2 aliphatic heterocycles. The van der Waals surface area contributed by atoms with Crippen LogP contribution in [-0.2, 0) is 6.18 Å². The van der Waals surface area contributed by atoms with Crippen LogP contribution in [0.2, 0.25) is 0 Å². The molecular formula is C16H15F3N2O3. The first-order valence-corrected chi connectivity index (χ1v) is 7.58. The number of aromatic nitrogens is 1. The molecule has 128 valence electrons. The zero-order valence-electron chi connectivity index (χ0n) is 12.5. The molecule has 0 amide bonds. The van der Waals surface area contributed by atoms with Crippen molar-refractivity contribution in [2.24, 2.45) is 0 Å². The van der Waals surface area contributed by atoms with Crippen molar-refractivity contribution in [3.8, 4) is 17.4 Å². The van der Waals surface area contributed by atoms with Crippen LogP contribution in [0.25, 0.3) is 5.69 Å². The number of hydrogen-bond donors (Lipinski definition) is 3. The van der Waals surface area contributed by atoms with Gasteiger partial charge in [0, 0.05) is 23.6 Å².